The third-order valence-corrected chi connectivity index (χ3v) is 5.95. The van der Waals surface area contributed by atoms with E-state index in [-0.39, 0.29) is 24.3 Å². The van der Waals surface area contributed by atoms with Crippen LogP contribution in [0.25, 0.3) is 0 Å². The Labute approximate surface area is 178 Å². The molecule has 0 saturated heterocycles. The van der Waals surface area contributed by atoms with Crippen LogP contribution in [0.4, 0.5) is 0 Å². The average molecular weight is 413 g/mol. The second-order valence-electron chi connectivity index (χ2n) is 7.69. The second-order valence-corrected chi connectivity index (χ2v) is 8.10. The third kappa shape index (κ3) is 5.83. The fraction of sp³-hybridized carbons (Fsp3) is 0.417. The Bertz CT molecular complexity index is 819. The Morgan fingerprint density at radius 1 is 1.07 bits per heavy atom. The van der Waals surface area contributed by atoms with Gasteiger partial charge in [0.25, 0.3) is 0 Å². The van der Waals surface area contributed by atoms with E-state index in [1.54, 1.807) is 11.0 Å². The lowest BCUT2D eigenvalue weighted by molar-refractivity contribution is -0.141. The molecule has 1 saturated carbocycles. The van der Waals surface area contributed by atoms with Gasteiger partial charge in [0.1, 0.15) is 6.04 Å². The molecule has 5 heteroatoms. The van der Waals surface area contributed by atoms with Gasteiger partial charge >= 0.3 is 0 Å². The van der Waals surface area contributed by atoms with Gasteiger partial charge in [-0.2, -0.15) is 0 Å². The Morgan fingerprint density at radius 2 is 1.72 bits per heavy atom. The molecule has 1 unspecified atom stereocenters. The SMILES string of the molecule is CCC(C(=O)NC1CCCC1)N(Cc1ccccc1)C(=O)Cc1ccccc1Cl. The van der Waals surface area contributed by atoms with E-state index in [1.807, 2.05) is 55.5 Å². The summed E-state index contributed by atoms with van der Waals surface area (Å²) in [4.78, 5) is 28.1. The number of hydrogen-bond donors (Lipinski definition) is 1. The highest BCUT2D eigenvalue weighted by Crippen LogP contribution is 2.21. The topological polar surface area (TPSA) is 49.4 Å². The maximum absolute atomic E-state index is 13.3. The number of benzene rings is 2. The van der Waals surface area contributed by atoms with E-state index < -0.39 is 6.04 Å². The van der Waals surface area contributed by atoms with Crippen LogP contribution in [0.15, 0.2) is 54.6 Å². The quantitative estimate of drug-likeness (QED) is 0.680. The molecule has 1 fully saturated rings. The summed E-state index contributed by atoms with van der Waals surface area (Å²) in [6, 6.07) is 16.9. The van der Waals surface area contributed by atoms with E-state index in [0.29, 0.717) is 18.0 Å². The van der Waals surface area contributed by atoms with Crippen LogP contribution >= 0.6 is 11.6 Å². The molecule has 0 aliphatic heterocycles. The van der Waals surface area contributed by atoms with Crippen LogP contribution in [0, 0.1) is 0 Å². The van der Waals surface area contributed by atoms with E-state index in [1.165, 1.54) is 0 Å². The third-order valence-electron chi connectivity index (χ3n) is 5.58. The van der Waals surface area contributed by atoms with Crippen LogP contribution < -0.4 is 5.32 Å². The number of halogens is 1. The summed E-state index contributed by atoms with van der Waals surface area (Å²) in [6.07, 6.45) is 5.10. The molecule has 29 heavy (non-hydrogen) atoms. The number of rotatable bonds is 8. The average Bonchev–Trinajstić information content (AvgIpc) is 3.23. The maximum Gasteiger partial charge on any atom is 0.243 e. The molecule has 0 heterocycles. The molecule has 2 aromatic carbocycles. The molecular formula is C24H29ClN2O2. The van der Waals surface area contributed by atoms with Crippen molar-refractivity contribution >= 4 is 23.4 Å². The van der Waals surface area contributed by atoms with Gasteiger partial charge in [0.05, 0.1) is 6.42 Å². The summed E-state index contributed by atoms with van der Waals surface area (Å²) in [7, 11) is 0. The minimum Gasteiger partial charge on any atom is -0.352 e. The van der Waals surface area contributed by atoms with E-state index in [9.17, 15) is 9.59 Å². The number of nitrogens with zero attached hydrogens (tertiary/aromatic N) is 1. The van der Waals surface area contributed by atoms with Gasteiger partial charge in [-0.25, -0.2) is 0 Å². The van der Waals surface area contributed by atoms with E-state index in [0.717, 1.165) is 36.8 Å². The first-order valence-corrected chi connectivity index (χ1v) is 10.8. The van der Waals surface area contributed by atoms with Crippen molar-refractivity contribution in [2.45, 2.75) is 64.1 Å². The predicted octanol–water partition coefficient (Wildman–Crippen LogP) is 4.75. The maximum atomic E-state index is 13.3. The normalized spacial score (nSPS) is 15.1. The molecule has 0 aromatic heterocycles. The molecule has 1 aliphatic carbocycles. The monoisotopic (exact) mass is 412 g/mol. The molecule has 4 nitrogen and oxygen atoms in total. The van der Waals surface area contributed by atoms with Gasteiger partial charge in [0, 0.05) is 17.6 Å². The van der Waals surface area contributed by atoms with E-state index >= 15 is 0 Å². The van der Waals surface area contributed by atoms with E-state index in [2.05, 4.69) is 5.32 Å². The highest BCUT2D eigenvalue weighted by atomic mass is 35.5. The number of amides is 2. The van der Waals surface area contributed by atoms with Gasteiger partial charge in [0.15, 0.2) is 0 Å². The minimum absolute atomic E-state index is 0.0529. The van der Waals surface area contributed by atoms with Crippen LogP contribution in [-0.4, -0.2) is 28.8 Å². The van der Waals surface area contributed by atoms with Crippen molar-refractivity contribution in [1.82, 2.24) is 10.2 Å². The number of hydrogen-bond acceptors (Lipinski definition) is 2. The first kappa shape index (κ1) is 21.4. The number of carbonyl (C=O) groups excluding carboxylic acids is 2. The largest absolute Gasteiger partial charge is 0.352 e. The van der Waals surface area contributed by atoms with Crippen molar-refractivity contribution in [3.63, 3.8) is 0 Å². The summed E-state index contributed by atoms with van der Waals surface area (Å²) >= 11 is 6.27. The standard InChI is InChI=1S/C24H29ClN2O2/c1-2-22(24(29)26-20-13-7-8-14-20)27(17-18-10-4-3-5-11-18)23(28)16-19-12-6-9-15-21(19)25/h3-6,9-12,15,20,22H,2,7-8,13-14,16-17H2,1H3,(H,26,29). The number of carbonyl (C=O) groups is 2. The first-order chi connectivity index (χ1) is 14.1. The van der Waals surface area contributed by atoms with Crippen LogP contribution in [0.1, 0.15) is 50.2 Å². The Morgan fingerprint density at radius 3 is 2.38 bits per heavy atom. The van der Waals surface area contributed by atoms with Crippen molar-refractivity contribution in [2.75, 3.05) is 0 Å². The molecule has 1 aliphatic rings. The zero-order valence-electron chi connectivity index (χ0n) is 16.9. The van der Waals surface area contributed by atoms with Gasteiger partial charge in [0.2, 0.25) is 11.8 Å². The van der Waals surface area contributed by atoms with Crippen LogP contribution in [0.3, 0.4) is 0 Å². The van der Waals surface area contributed by atoms with Crippen molar-refractivity contribution in [3.05, 3.63) is 70.7 Å². The lowest BCUT2D eigenvalue weighted by Crippen LogP contribution is -2.51. The van der Waals surface area contributed by atoms with Crippen molar-refractivity contribution in [1.29, 1.82) is 0 Å². The highest BCUT2D eigenvalue weighted by Gasteiger charge is 2.30. The molecule has 0 bridgehead atoms. The summed E-state index contributed by atoms with van der Waals surface area (Å²) in [5.41, 5.74) is 1.79. The Balaban J connectivity index is 1.81. The van der Waals surface area contributed by atoms with Gasteiger partial charge in [-0.3, -0.25) is 9.59 Å². The predicted molar refractivity (Wildman–Crippen MR) is 117 cm³/mol. The van der Waals surface area contributed by atoms with Gasteiger partial charge in [-0.1, -0.05) is 79.9 Å². The van der Waals surface area contributed by atoms with Gasteiger partial charge in [-0.15, -0.1) is 0 Å². The zero-order valence-corrected chi connectivity index (χ0v) is 17.7. The molecular weight excluding hydrogens is 384 g/mol. The summed E-state index contributed by atoms with van der Waals surface area (Å²) in [6.45, 7) is 2.36. The first-order valence-electron chi connectivity index (χ1n) is 10.5. The summed E-state index contributed by atoms with van der Waals surface area (Å²) in [5.74, 6) is -0.141. The highest BCUT2D eigenvalue weighted by molar-refractivity contribution is 6.31. The molecule has 0 radical (unpaired) electrons. The molecule has 2 amide bonds. The summed E-state index contributed by atoms with van der Waals surface area (Å²) < 4.78 is 0. The van der Waals surface area contributed by atoms with Gasteiger partial charge in [-0.05, 0) is 36.5 Å². The molecule has 0 spiro atoms. The zero-order chi connectivity index (χ0) is 20.6. The van der Waals surface area contributed by atoms with E-state index in [4.69, 9.17) is 11.6 Å². The minimum atomic E-state index is -0.495. The van der Waals surface area contributed by atoms with Gasteiger partial charge < -0.3 is 10.2 Å². The summed E-state index contributed by atoms with van der Waals surface area (Å²) in [5, 5.41) is 3.74. The molecule has 1 atom stereocenters. The fourth-order valence-corrected chi connectivity index (χ4v) is 4.18. The Hall–Kier alpha value is -2.33. The fourth-order valence-electron chi connectivity index (χ4n) is 3.97. The van der Waals surface area contributed by atoms with Crippen LogP contribution in [-0.2, 0) is 22.6 Å². The molecule has 1 N–H and O–H groups in total. The lowest BCUT2D eigenvalue weighted by Gasteiger charge is -2.31. The van der Waals surface area contributed by atoms with Crippen molar-refractivity contribution < 1.29 is 9.59 Å². The van der Waals surface area contributed by atoms with Crippen molar-refractivity contribution in [3.8, 4) is 0 Å². The smallest absolute Gasteiger partial charge is 0.243 e. The molecule has 3 rings (SSSR count). The lowest BCUT2D eigenvalue weighted by atomic mass is 10.1. The molecule has 154 valence electrons. The second kappa shape index (κ2) is 10.4. The Kier molecular flexibility index (Phi) is 7.70. The van der Waals surface area contributed by atoms with Crippen LogP contribution in [0.2, 0.25) is 5.02 Å². The molecule has 2 aromatic rings. The van der Waals surface area contributed by atoms with Crippen LogP contribution in [0.5, 0.6) is 0 Å². The van der Waals surface area contributed by atoms with Crippen molar-refractivity contribution in [2.24, 2.45) is 0 Å². The number of nitrogens with one attached hydrogen (secondary N) is 1.